The van der Waals surface area contributed by atoms with E-state index in [-0.39, 0.29) is 0 Å². The summed E-state index contributed by atoms with van der Waals surface area (Å²) in [5.74, 6) is 0. The van der Waals surface area contributed by atoms with Crippen molar-refractivity contribution in [3.8, 4) is 0 Å². The first kappa shape index (κ1) is 15.4. The molecule has 0 bridgehead atoms. The summed E-state index contributed by atoms with van der Waals surface area (Å²) in [5, 5.41) is 28.9. The van der Waals surface area contributed by atoms with Crippen molar-refractivity contribution in [3.05, 3.63) is 23.3 Å². The first-order chi connectivity index (χ1) is 7.34. The van der Waals surface area contributed by atoms with Gasteiger partial charge in [0.25, 0.3) is 0 Å². The summed E-state index contributed by atoms with van der Waals surface area (Å²) in [6.07, 6.45) is 1.53. The number of rotatable bonds is 6. The maximum atomic E-state index is 9.65. The highest BCUT2D eigenvalue weighted by molar-refractivity contribution is 4.98. The number of aliphatic hydroxyl groups excluding tert-OH is 3. The van der Waals surface area contributed by atoms with Crippen molar-refractivity contribution in [1.29, 1.82) is 0 Å². The van der Waals surface area contributed by atoms with E-state index in [4.69, 9.17) is 0 Å². The third kappa shape index (κ3) is 6.77. The fraction of sp³-hybridized carbons (Fsp3) is 0.692. The van der Waals surface area contributed by atoms with Crippen molar-refractivity contribution in [2.45, 2.75) is 58.8 Å². The van der Waals surface area contributed by atoms with Gasteiger partial charge in [0.2, 0.25) is 0 Å². The van der Waals surface area contributed by atoms with Crippen molar-refractivity contribution in [2.75, 3.05) is 0 Å². The molecule has 0 radical (unpaired) electrons. The lowest BCUT2D eigenvalue weighted by molar-refractivity contribution is -0.0559. The average molecular weight is 228 g/mol. The highest BCUT2D eigenvalue weighted by Gasteiger charge is 2.22. The van der Waals surface area contributed by atoms with Crippen LogP contribution in [0.2, 0.25) is 0 Å². The first-order valence-corrected chi connectivity index (χ1v) is 5.65. The van der Waals surface area contributed by atoms with Crippen LogP contribution in [-0.2, 0) is 0 Å². The van der Waals surface area contributed by atoms with E-state index >= 15 is 0 Å². The standard InChI is InChI=1S/C13H24O3/c1-9(2)5-7-11(14)13(16)12(15)8-6-10(3)4/h5-6,11-16H,7-8H2,1-4H3. The van der Waals surface area contributed by atoms with Crippen LogP contribution in [0.5, 0.6) is 0 Å². The topological polar surface area (TPSA) is 60.7 Å². The van der Waals surface area contributed by atoms with Crippen molar-refractivity contribution in [1.82, 2.24) is 0 Å². The predicted octanol–water partition coefficient (Wildman–Crippen LogP) is 1.78. The Hall–Kier alpha value is -0.640. The molecule has 0 fully saturated rings. The summed E-state index contributed by atoms with van der Waals surface area (Å²) >= 11 is 0. The van der Waals surface area contributed by atoms with E-state index in [1.165, 1.54) is 0 Å². The zero-order chi connectivity index (χ0) is 12.7. The third-order valence-electron chi connectivity index (χ3n) is 2.32. The van der Waals surface area contributed by atoms with E-state index < -0.39 is 18.3 Å². The number of hydrogen-bond donors (Lipinski definition) is 3. The Morgan fingerprint density at radius 2 is 1.12 bits per heavy atom. The van der Waals surface area contributed by atoms with Crippen molar-refractivity contribution in [2.24, 2.45) is 0 Å². The lowest BCUT2D eigenvalue weighted by atomic mass is 10.0. The summed E-state index contributed by atoms with van der Waals surface area (Å²) in [5.41, 5.74) is 2.18. The van der Waals surface area contributed by atoms with Crippen LogP contribution in [0.1, 0.15) is 40.5 Å². The largest absolute Gasteiger partial charge is 0.390 e. The Morgan fingerprint density at radius 1 is 0.812 bits per heavy atom. The first-order valence-electron chi connectivity index (χ1n) is 5.65. The van der Waals surface area contributed by atoms with Gasteiger partial charge in [-0.05, 0) is 40.5 Å². The normalized spacial score (nSPS) is 16.2. The van der Waals surface area contributed by atoms with E-state index in [9.17, 15) is 15.3 Å². The van der Waals surface area contributed by atoms with Crippen molar-refractivity contribution < 1.29 is 15.3 Å². The second-order valence-corrected chi connectivity index (χ2v) is 4.66. The van der Waals surface area contributed by atoms with Gasteiger partial charge in [-0.2, -0.15) is 0 Å². The van der Waals surface area contributed by atoms with Gasteiger partial charge in [-0.15, -0.1) is 0 Å². The van der Waals surface area contributed by atoms with Crippen LogP contribution < -0.4 is 0 Å². The average Bonchev–Trinajstić information content (AvgIpc) is 2.21. The molecule has 0 spiro atoms. The van der Waals surface area contributed by atoms with Crippen molar-refractivity contribution >= 4 is 0 Å². The molecule has 0 saturated carbocycles. The molecule has 2 atom stereocenters. The minimum Gasteiger partial charge on any atom is -0.390 e. The van der Waals surface area contributed by atoms with E-state index in [1.54, 1.807) is 0 Å². The molecule has 16 heavy (non-hydrogen) atoms. The second-order valence-electron chi connectivity index (χ2n) is 4.66. The summed E-state index contributed by atoms with van der Waals surface area (Å²) in [6.45, 7) is 7.72. The summed E-state index contributed by atoms with van der Waals surface area (Å²) in [4.78, 5) is 0. The number of allylic oxidation sites excluding steroid dienone is 2. The maximum Gasteiger partial charge on any atom is 0.106 e. The van der Waals surface area contributed by atoms with Gasteiger partial charge in [-0.25, -0.2) is 0 Å². The Morgan fingerprint density at radius 3 is 1.38 bits per heavy atom. The maximum absolute atomic E-state index is 9.65. The lowest BCUT2D eigenvalue weighted by Crippen LogP contribution is -2.36. The van der Waals surface area contributed by atoms with E-state index in [1.807, 2.05) is 39.8 Å². The Bertz CT molecular complexity index is 222. The summed E-state index contributed by atoms with van der Waals surface area (Å²) in [6, 6.07) is 0. The molecule has 0 aromatic rings. The SMILES string of the molecule is CC(C)=CCC(O)C(O)C(O)CC=C(C)C. The number of aliphatic hydroxyl groups is 3. The van der Waals surface area contributed by atoms with Gasteiger partial charge >= 0.3 is 0 Å². The van der Waals surface area contributed by atoms with Crippen LogP contribution in [0.3, 0.4) is 0 Å². The molecule has 2 unspecified atom stereocenters. The van der Waals surface area contributed by atoms with Gasteiger partial charge < -0.3 is 15.3 Å². The zero-order valence-electron chi connectivity index (χ0n) is 10.6. The van der Waals surface area contributed by atoms with Crippen LogP contribution >= 0.6 is 0 Å². The molecule has 0 aliphatic rings. The molecule has 0 aliphatic heterocycles. The van der Waals surface area contributed by atoms with Crippen LogP contribution in [0.25, 0.3) is 0 Å². The molecular formula is C13H24O3. The van der Waals surface area contributed by atoms with Crippen molar-refractivity contribution in [3.63, 3.8) is 0 Å². The molecular weight excluding hydrogens is 204 g/mol. The fourth-order valence-electron chi connectivity index (χ4n) is 1.25. The van der Waals surface area contributed by atoms with Crippen LogP contribution in [0, 0.1) is 0 Å². The molecule has 3 heteroatoms. The van der Waals surface area contributed by atoms with Crippen LogP contribution in [-0.4, -0.2) is 33.6 Å². The smallest absolute Gasteiger partial charge is 0.106 e. The zero-order valence-corrected chi connectivity index (χ0v) is 10.6. The molecule has 94 valence electrons. The molecule has 0 saturated heterocycles. The monoisotopic (exact) mass is 228 g/mol. The van der Waals surface area contributed by atoms with Gasteiger partial charge in [0.15, 0.2) is 0 Å². The van der Waals surface area contributed by atoms with Gasteiger partial charge in [0.05, 0.1) is 12.2 Å². The molecule has 3 nitrogen and oxygen atoms in total. The molecule has 0 aliphatic carbocycles. The van der Waals surface area contributed by atoms with E-state index in [2.05, 4.69) is 0 Å². The summed E-state index contributed by atoms with van der Waals surface area (Å²) < 4.78 is 0. The molecule has 0 rings (SSSR count). The van der Waals surface area contributed by atoms with Gasteiger partial charge in [-0.1, -0.05) is 23.3 Å². The van der Waals surface area contributed by atoms with E-state index in [0.29, 0.717) is 12.8 Å². The van der Waals surface area contributed by atoms with Gasteiger partial charge in [-0.3, -0.25) is 0 Å². The Balaban J connectivity index is 4.16. The van der Waals surface area contributed by atoms with Crippen LogP contribution in [0.15, 0.2) is 23.3 Å². The van der Waals surface area contributed by atoms with Crippen LogP contribution in [0.4, 0.5) is 0 Å². The van der Waals surface area contributed by atoms with E-state index in [0.717, 1.165) is 11.1 Å². The molecule has 0 heterocycles. The Kier molecular flexibility index (Phi) is 7.30. The fourth-order valence-corrected chi connectivity index (χ4v) is 1.25. The quantitative estimate of drug-likeness (QED) is 0.607. The van der Waals surface area contributed by atoms with Gasteiger partial charge in [0.1, 0.15) is 6.10 Å². The lowest BCUT2D eigenvalue weighted by Gasteiger charge is -2.21. The highest BCUT2D eigenvalue weighted by Crippen LogP contribution is 2.10. The molecule has 0 aromatic carbocycles. The molecule has 0 amide bonds. The second kappa shape index (κ2) is 7.60. The van der Waals surface area contributed by atoms with Gasteiger partial charge in [0, 0.05) is 0 Å². The minimum absolute atomic E-state index is 0.370. The third-order valence-corrected chi connectivity index (χ3v) is 2.32. The Labute approximate surface area is 98.1 Å². The summed E-state index contributed by atoms with van der Waals surface area (Å²) in [7, 11) is 0. The minimum atomic E-state index is -1.09. The highest BCUT2D eigenvalue weighted by atomic mass is 16.4. The predicted molar refractivity (Wildman–Crippen MR) is 66.1 cm³/mol. The molecule has 3 N–H and O–H groups in total. The number of hydrogen-bond acceptors (Lipinski definition) is 3. The molecule has 0 aromatic heterocycles.